The summed E-state index contributed by atoms with van der Waals surface area (Å²) < 4.78 is 5.48. The fourth-order valence-corrected chi connectivity index (χ4v) is 3.20. The SMILES string of the molecule is COc1ccc(C)cc1CN(CC(N)=S)C1CCCC1. The summed E-state index contributed by atoms with van der Waals surface area (Å²) in [7, 11) is 1.72. The molecule has 1 aliphatic carbocycles. The van der Waals surface area contributed by atoms with Gasteiger partial charge in [-0.1, -0.05) is 42.8 Å². The molecule has 1 aliphatic rings. The lowest BCUT2D eigenvalue weighted by atomic mass is 10.1. The number of benzene rings is 1. The van der Waals surface area contributed by atoms with Crippen molar-refractivity contribution in [1.29, 1.82) is 0 Å². The number of aryl methyl sites for hydroxylation is 1. The van der Waals surface area contributed by atoms with Gasteiger partial charge in [-0.15, -0.1) is 0 Å². The van der Waals surface area contributed by atoms with Gasteiger partial charge in [0.25, 0.3) is 0 Å². The van der Waals surface area contributed by atoms with Gasteiger partial charge in [0.05, 0.1) is 12.1 Å². The Bertz CT molecular complexity index is 470. The van der Waals surface area contributed by atoms with Gasteiger partial charge in [0, 0.05) is 24.7 Å². The molecule has 4 heteroatoms. The van der Waals surface area contributed by atoms with Crippen LogP contribution in [0.3, 0.4) is 0 Å². The molecule has 2 rings (SSSR count). The third kappa shape index (κ3) is 3.93. The maximum Gasteiger partial charge on any atom is 0.123 e. The Hall–Kier alpha value is -1.13. The van der Waals surface area contributed by atoms with Gasteiger partial charge in [-0.05, 0) is 25.8 Å². The van der Waals surface area contributed by atoms with E-state index in [0.717, 1.165) is 12.3 Å². The second-order valence-corrected chi connectivity index (χ2v) is 6.15. The second-order valence-electron chi connectivity index (χ2n) is 5.62. The number of hydrogen-bond acceptors (Lipinski definition) is 3. The Balaban J connectivity index is 2.17. The number of thiocarbonyl (C=S) groups is 1. The van der Waals surface area contributed by atoms with Gasteiger partial charge in [-0.3, -0.25) is 4.90 Å². The maximum absolute atomic E-state index is 5.77. The number of hydrogen-bond donors (Lipinski definition) is 1. The predicted molar refractivity (Wildman–Crippen MR) is 87.2 cm³/mol. The fraction of sp³-hybridized carbons (Fsp3) is 0.562. The van der Waals surface area contributed by atoms with Gasteiger partial charge < -0.3 is 10.5 Å². The first-order valence-electron chi connectivity index (χ1n) is 7.26. The van der Waals surface area contributed by atoms with E-state index in [1.807, 2.05) is 6.07 Å². The van der Waals surface area contributed by atoms with Crippen LogP contribution in [0.5, 0.6) is 5.75 Å². The molecule has 0 aliphatic heterocycles. The molecule has 3 nitrogen and oxygen atoms in total. The number of ether oxygens (including phenoxy) is 1. The molecule has 0 radical (unpaired) electrons. The Morgan fingerprint density at radius 2 is 2.10 bits per heavy atom. The van der Waals surface area contributed by atoms with E-state index < -0.39 is 0 Å². The minimum absolute atomic E-state index is 0.573. The minimum atomic E-state index is 0.573. The van der Waals surface area contributed by atoms with Crippen molar-refractivity contribution in [2.45, 2.75) is 45.2 Å². The lowest BCUT2D eigenvalue weighted by Gasteiger charge is -2.29. The maximum atomic E-state index is 5.77. The van der Waals surface area contributed by atoms with Crippen LogP contribution in [0.1, 0.15) is 36.8 Å². The van der Waals surface area contributed by atoms with Crippen molar-refractivity contribution in [3.05, 3.63) is 29.3 Å². The van der Waals surface area contributed by atoms with E-state index in [2.05, 4.69) is 24.0 Å². The van der Waals surface area contributed by atoms with Gasteiger partial charge in [-0.2, -0.15) is 0 Å². The summed E-state index contributed by atoms with van der Waals surface area (Å²) in [5.74, 6) is 0.946. The van der Waals surface area contributed by atoms with Gasteiger partial charge in [0.15, 0.2) is 0 Å². The molecule has 1 saturated carbocycles. The normalized spacial score (nSPS) is 15.8. The van der Waals surface area contributed by atoms with Crippen molar-refractivity contribution in [3.8, 4) is 5.75 Å². The molecule has 1 aromatic carbocycles. The largest absolute Gasteiger partial charge is 0.496 e. The van der Waals surface area contributed by atoms with Crippen LogP contribution >= 0.6 is 12.2 Å². The summed E-state index contributed by atoms with van der Waals surface area (Å²) in [4.78, 5) is 2.98. The van der Waals surface area contributed by atoms with Crippen molar-refractivity contribution < 1.29 is 4.74 Å². The highest BCUT2D eigenvalue weighted by Crippen LogP contribution is 2.27. The average Bonchev–Trinajstić information content (AvgIpc) is 2.91. The highest BCUT2D eigenvalue weighted by molar-refractivity contribution is 7.80. The Labute approximate surface area is 127 Å². The van der Waals surface area contributed by atoms with E-state index >= 15 is 0 Å². The molecule has 110 valence electrons. The molecule has 1 aromatic rings. The summed E-state index contributed by atoms with van der Waals surface area (Å²) in [6, 6.07) is 6.91. The van der Waals surface area contributed by atoms with Crippen LogP contribution in [0.15, 0.2) is 18.2 Å². The molecule has 0 heterocycles. The summed E-state index contributed by atoms with van der Waals surface area (Å²) >= 11 is 5.12. The van der Waals surface area contributed by atoms with Crippen molar-refractivity contribution >= 4 is 17.2 Å². The first-order chi connectivity index (χ1) is 9.60. The van der Waals surface area contributed by atoms with Gasteiger partial charge in [0.2, 0.25) is 0 Å². The second kappa shape index (κ2) is 7.04. The number of rotatable bonds is 6. The van der Waals surface area contributed by atoms with Crippen LogP contribution in [0.4, 0.5) is 0 Å². The van der Waals surface area contributed by atoms with Crippen LogP contribution < -0.4 is 10.5 Å². The van der Waals surface area contributed by atoms with Gasteiger partial charge >= 0.3 is 0 Å². The fourth-order valence-electron chi connectivity index (χ4n) is 3.03. The topological polar surface area (TPSA) is 38.5 Å². The number of methoxy groups -OCH3 is 1. The molecule has 0 unspecified atom stereocenters. The lowest BCUT2D eigenvalue weighted by molar-refractivity contribution is 0.216. The first kappa shape index (κ1) is 15.3. The molecular weight excluding hydrogens is 268 g/mol. The molecule has 0 bridgehead atoms. The summed E-state index contributed by atoms with van der Waals surface area (Å²) in [5, 5.41) is 0. The minimum Gasteiger partial charge on any atom is -0.496 e. The highest BCUT2D eigenvalue weighted by atomic mass is 32.1. The molecule has 1 fully saturated rings. The number of nitrogens with zero attached hydrogens (tertiary/aromatic N) is 1. The summed E-state index contributed by atoms with van der Waals surface area (Å²) in [6.45, 7) is 3.65. The highest BCUT2D eigenvalue weighted by Gasteiger charge is 2.23. The Morgan fingerprint density at radius 1 is 1.40 bits per heavy atom. The van der Waals surface area contributed by atoms with E-state index in [0.29, 0.717) is 17.6 Å². The molecular formula is C16H24N2OS. The van der Waals surface area contributed by atoms with Gasteiger partial charge in [0.1, 0.15) is 5.75 Å². The Kier molecular flexibility index (Phi) is 5.38. The van der Waals surface area contributed by atoms with E-state index in [1.165, 1.54) is 36.8 Å². The third-order valence-corrected chi connectivity index (χ3v) is 4.14. The standard InChI is InChI=1S/C16H24N2OS/c1-12-7-8-15(19-2)13(9-12)10-18(11-16(17)20)14-5-3-4-6-14/h7-9,14H,3-6,10-11H2,1-2H3,(H2,17,20). The first-order valence-corrected chi connectivity index (χ1v) is 7.67. The smallest absolute Gasteiger partial charge is 0.123 e. The van der Waals surface area contributed by atoms with E-state index in [1.54, 1.807) is 7.11 Å². The van der Waals surface area contributed by atoms with Crippen molar-refractivity contribution in [2.24, 2.45) is 5.73 Å². The zero-order valence-corrected chi connectivity index (χ0v) is 13.2. The molecule has 0 aromatic heterocycles. The molecule has 0 amide bonds. The van der Waals surface area contributed by atoms with Crippen LogP contribution in [-0.4, -0.2) is 29.6 Å². The third-order valence-electron chi connectivity index (χ3n) is 4.01. The monoisotopic (exact) mass is 292 g/mol. The van der Waals surface area contributed by atoms with Crippen molar-refractivity contribution in [2.75, 3.05) is 13.7 Å². The molecule has 0 saturated heterocycles. The van der Waals surface area contributed by atoms with Crippen LogP contribution in [0.25, 0.3) is 0 Å². The summed E-state index contributed by atoms with van der Waals surface area (Å²) in [5.41, 5.74) is 8.24. The van der Waals surface area contributed by atoms with Crippen molar-refractivity contribution in [3.63, 3.8) is 0 Å². The predicted octanol–water partition coefficient (Wildman–Crippen LogP) is 3.03. The van der Waals surface area contributed by atoms with Crippen molar-refractivity contribution in [1.82, 2.24) is 4.90 Å². The summed E-state index contributed by atoms with van der Waals surface area (Å²) in [6.07, 6.45) is 5.11. The van der Waals surface area contributed by atoms with E-state index in [-0.39, 0.29) is 0 Å². The molecule has 0 spiro atoms. The van der Waals surface area contributed by atoms with Crippen LogP contribution in [0, 0.1) is 6.92 Å². The van der Waals surface area contributed by atoms with E-state index in [4.69, 9.17) is 22.7 Å². The average molecular weight is 292 g/mol. The quantitative estimate of drug-likeness (QED) is 0.818. The molecule has 2 N–H and O–H groups in total. The molecule has 20 heavy (non-hydrogen) atoms. The zero-order chi connectivity index (χ0) is 14.5. The molecule has 0 atom stereocenters. The van der Waals surface area contributed by atoms with Crippen LogP contribution in [-0.2, 0) is 6.54 Å². The number of nitrogens with two attached hydrogens (primary N) is 1. The Morgan fingerprint density at radius 3 is 2.70 bits per heavy atom. The lowest BCUT2D eigenvalue weighted by Crippen LogP contribution is -2.38. The van der Waals surface area contributed by atoms with Gasteiger partial charge in [-0.25, -0.2) is 0 Å². The van der Waals surface area contributed by atoms with E-state index in [9.17, 15) is 0 Å². The zero-order valence-electron chi connectivity index (χ0n) is 12.4. The van der Waals surface area contributed by atoms with Crippen LogP contribution in [0.2, 0.25) is 0 Å².